The molecule has 1 spiro atoms. The average Bonchev–Trinajstić information content (AvgIpc) is 2.54. The lowest BCUT2D eigenvalue weighted by atomic mass is 9.77. The molecule has 1 aliphatic carbocycles. The highest BCUT2D eigenvalue weighted by Gasteiger charge is 2.40. The number of amides is 1. The Labute approximate surface area is 80.3 Å². The van der Waals surface area contributed by atoms with Crippen LogP contribution in [-0.4, -0.2) is 23.9 Å². The van der Waals surface area contributed by atoms with Crippen LogP contribution in [0.4, 0.5) is 0 Å². The van der Waals surface area contributed by atoms with Gasteiger partial charge in [-0.05, 0) is 31.6 Å². The van der Waals surface area contributed by atoms with Gasteiger partial charge < -0.3 is 4.90 Å². The van der Waals surface area contributed by atoms with Crippen molar-refractivity contribution < 1.29 is 4.79 Å². The Morgan fingerprint density at radius 2 is 2.00 bits per heavy atom. The van der Waals surface area contributed by atoms with Crippen molar-refractivity contribution in [2.24, 2.45) is 5.41 Å². The number of nitrogens with zero attached hydrogens (tertiary/aromatic N) is 1. The van der Waals surface area contributed by atoms with Crippen molar-refractivity contribution in [2.75, 3.05) is 13.1 Å². The van der Waals surface area contributed by atoms with Crippen molar-refractivity contribution >= 4 is 5.91 Å². The normalized spacial score (nSPS) is 27.2. The second-order valence-electron chi connectivity index (χ2n) is 4.61. The Balaban J connectivity index is 2.01. The third kappa shape index (κ3) is 1.59. The number of rotatable bonds is 1. The molecule has 2 nitrogen and oxygen atoms in total. The van der Waals surface area contributed by atoms with Gasteiger partial charge in [-0.25, -0.2) is 0 Å². The molecule has 1 aliphatic heterocycles. The molecule has 2 heteroatoms. The summed E-state index contributed by atoms with van der Waals surface area (Å²) in [5, 5.41) is 0. The Kier molecular flexibility index (Phi) is 2.31. The highest BCUT2D eigenvalue weighted by molar-refractivity contribution is 5.77. The van der Waals surface area contributed by atoms with Crippen LogP contribution in [-0.2, 0) is 4.79 Å². The van der Waals surface area contributed by atoms with E-state index >= 15 is 0 Å². The van der Waals surface area contributed by atoms with E-state index in [1.54, 1.807) is 0 Å². The first kappa shape index (κ1) is 9.04. The molecule has 0 N–H and O–H groups in total. The zero-order valence-electron chi connectivity index (χ0n) is 8.51. The second kappa shape index (κ2) is 3.32. The summed E-state index contributed by atoms with van der Waals surface area (Å²) in [6.07, 6.45) is 7.39. The number of carbonyl (C=O) groups excluding carboxylic acids is 1. The molecule has 0 aromatic rings. The van der Waals surface area contributed by atoms with Crippen LogP contribution in [0, 0.1) is 5.41 Å². The Bertz CT molecular complexity index is 206. The summed E-state index contributed by atoms with van der Waals surface area (Å²) in [6.45, 7) is 3.98. The third-order valence-electron chi connectivity index (χ3n) is 3.84. The molecule has 2 fully saturated rings. The first-order valence-electron chi connectivity index (χ1n) is 5.54. The van der Waals surface area contributed by atoms with E-state index in [2.05, 4.69) is 6.92 Å². The second-order valence-corrected chi connectivity index (χ2v) is 4.61. The zero-order chi connectivity index (χ0) is 9.31. The number of hydrogen-bond acceptors (Lipinski definition) is 1. The number of piperidine rings is 1. The Morgan fingerprint density at radius 3 is 2.54 bits per heavy atom. The van der Waals surface area contributed by atoms with Crippen LogP contribution >= 0.6 is 0 Å². The molecule has 13 heavy (non-hydrogen) atoms. The molecule has 2 aliphatic rings. The first-order chi connectivity index (χ1) is 6.26. The monoisotopic (exact) mass is 181 g/mol. The fourth-order valence-corrected chi connectivity index (χ4v) is 2.90. The van der Waals surface area contributed by atoms with E-state index in [4.69, 9.17) is 0 Å². The molecule has 0 aromatic heterocycles. The van der Waals surface area contributed by atoms with Gasteiger partial charge in [-0.1, -0.05) is 12.8 Å². The summed E-state index contributed by atoms with van der Waals surface area (Å²) < 4.78 is 0. The zero-order valence-corrected chi connectivity index (χ0v) is 8.51. The molecule has 1 saturated heterocycles. The predicted octanol–water partition coefficient (Wildman–Crippen LogP) is 2.19. The molecule has 1 heterocycles. The van der Waals surface area contributed by atoms with E-state index in [0.717, 1.165) is 19.5 Å². The maximum absolute atomic E-state index is 11.7. The van der Waals surface area contributed by atoms with Crippen molar-refractivity contribution in [2.45, 2.75) is 45.4 Å². The summed E-state index contributed by atoms with van der Waals surface area (Å²) in [7, 11) is 0. The first-order valence-corrected chi connectivity index (χ1v) is 5.54. The van der Waals surface area contributed by atoms with Gasteiger partial charge in [0.1, 0.15) is 0 Å². The highest BCUT2D eigenvalue weighted by Crippen LogP contribution is 2.46. The van der Waals surface area contributed by atoms with Gasteiger partial charge in [-0.3, -0.25) is 4.79 Å². The van der Waals surface area contributed by atoms with Crippen molar-refractivity contribution in [1.82, 2.24) is 4.90 Å². The molecule has 1 amide bonds. The lowest BCUT2D eigenvalue weighted by molar-refractivity contribution is -0.137. The van der Waals surface area contributed by atoms with E-state index in [9.17, 15) is 4.79 Å². The molecule has 0 atom stereocenters. The number of likely N-dealkylation sites (tertiary alicyclic amines) is 1. The molecule has 0 radical (unpaired) electrons. The fourth-order valence-electron chi connectivity index (χ4n) is 2.90. The third-order valence-corrected chi connectivity index (χ3v) is 3.84. The summed E-state index contributed by atoms with van der Waals surface area (Å²) in [4.78, 5) is 13.7. The average molecular weight is 181 g/mol. The van der Waals surface area contributed by atoms with E-state index < -0.39 is 0 Å². The molecule has 2 rings (SSSR count). The summed E-state index contributed by atoms with van der Waals surface area (Å²) in [6, 6.07) is 0. The topological polar surface area (TPSA) is 20.3 Å². The summed E-state index contributed by atoms with van der Waals surface area (Å²) in [5.41, 5.74) is 0.433. The lowest BCUT2D eigenvalue weighted by Crippen LogP contribution is -2.42. The number of carbonyl (C=O) groups is 1. The van der Waals surface area contributed by atoms with Crippen molar-refractivity contribution in [3.8, 4) is 0 Å². The minimum absolute atomic E-state index is 0.399. The van der Waals surface area contributed by atoms with Crippen LogP contribution < -0.4 is 0 Å². The van der Waals surface area contributed by atoms with Crippen LogP contribution in [0.3, 0.4) is 0 Å². The maximum Gasteiger partial charge on any atom is 0.223 e. The van der Waals surface area contributed by atoms with Gasteiger partial charge in [-0.15, -0.1) is 0 Å². The Morgan fingerprint density at radius 1 is 1.31 bits per heavy atom. The minimum atomic E-state index is 0.399. The van der Waals surface area contributed by atoms with E-state index in [1.165, 1.54) is 32.1 Å². The summed E-state index contributed by atoms with van der Waals surface area (Å²) >= 11 is 0. The minimum Gasteiger partial charge on any atom is -0.343 e. The van der Waals surface area contributed by atoms with E-state index in [1.807, 2.05) is 4.90 Å². The molecular formula is C11H19NO. The van der Waals surface area contributed by atoms with Gasteiger partial charge in [0.05, 0.1) is 0 Å². The lowest BCUT2D eigenvalue weighted by Gasteiger charge is -2.38. The molecule has 0 unspecified atom stereocenters. The molecule has 1 saturated carbocycles. The smallest absolute Gasteiger partial charge is 0.223 e. The number of hydrogen-bond donors (Lipinski definition) is 0. The standard InChI is InChI=1S/C11H19NO/c1-2-12-8-7-11(9-10(12)13)5-3-4-6-11/h2-9H2,1H3. The van der Waals surface area contributed by atoms with Gasteiger partial charge in [0, 0.05) is 19.5 Å². The van der Waals surface area contributed by atoms with Gasteiger partial charge in [0.2, 0.25) is 5.91 Å². The quantitative estimate of drug-likeness (QED) is 0.607. The highest BCUT2D eigenvalue weighted by atomic mass is 16.2. The van der Waals surface area contributed by atoms with E-state index in [-0.39, 0.29) is 0 Å². The van der Waals surface area contributed by atoms with Gasteiger partial charge >= 0.3 is 0 Å². The Hall–Kier alpha value is -0.530. The van der Waals surface area contributed by atoms with E-state index in [0.29, 0.717) is 11.3 Å². The van der Waals surface area contributed by atoms with Gasteiger partial charge in [0.25, 0.3) is 0 Å². The summed E-state index contributed by atoms with van der Waals surface area (Å²) in [5.74, 6) is 0.399. The van der Waals surface area contributed by atoms with Crippen LogP contribution in [0.5, 0.6) is 0 Å². The van der Waals surface area contributed by atoms with Crippen LogP contribution in [0.1, 0.15) is 45.4 Å². The van der Waals surface area contributed by atoms with Gasteiger partial charge in [0.15, 0.2) is 0 Å². The van der Waals surface area contributed by atoms with Crippen LogP contribution in [0.15, 0.2) is 0 Å². The molecular weight excluding hydrogens is 162 g/mol. The SMILES string of the molecule is CCN1CCC2(CCCC2)CC1=O. The van der Waals surface area contributed by atoms with Crippen molar-refractivity contribution in [3.63, 3.8) is 0 Å². The molecule has 0 bridgehead atoms. The predicted molar refractivity (Wildman–Crippen MR) is 52.4 cm³/mol. The van der Waals surface area contributed by atoms with Gasteiger partial charge in [-0.2, -0.15) is 0 Å². The largest absolute Gasteiger partial charge is 0.343 e. The van der Waals surface area contributed by atoms with Crippen molar-refractivity contribution in [3.05, 3.63) is 0 Å². The van der Waals surface area contributed by atoms with Crippen LogP contribution in [0.2, 0.25) is 0 Å². The fraction of sp³-hybridized carbons (Fsp3) is 0.909. The molecule has 0 aromatic carbocycles. The molecule has 74 valence electrons. The van der Waals surface area contributed by atoms with Crippen LogP contribution in [0.25, 0.3) is 0 Å². The van der Waals surface area contributed by atoms with Crippen molar-refractivity contribution in [1.29, 1.82) is 0 Å². The maximum atomic E-state index is 11.7.